The molecule has 5 aromatic carbocycles. The quantitative estimate of drug-likeness (QED) is 0.136. The predicted molar refractivity (Wildman–Crippen MR) is 195 cm³/mol. The number of carboxylic acids is 1. The Morgan fingerprint density at radius 3 is 2.06 bits per heavy atom. The Morgan fingerprint density at radius 1 is 0.865 bits per heavy atom. The van der Waals surface area contributed by atoms with E-state index in [1.165, 1.54) is 6.07 Å². The summed E-state index contributed by atoms with van der Waals surface area (Å²) >= 11 is 12.5. The molecular weight excluding hydrogens is 738 g/mol. The number of rotatable bonds is 11. The first-order chi connectivity index (χ1) is 24.7. The molecule has 2 N–H and O–H groups in total. The van der Waals surface area contributed by atoms with Crippen LogP contribution in [0, 0.1) is 0 Å². The van der Waals surface area contributed by atoms with Gasteiger partial charge in [0, 0.05) is 34.6 Å². The number of alkyl halides is 3. The van der Waals surface area contributed by atoms with Crippen molar-refractivity contribution in [2.75, 3.05) is 10.5 Å². The smallest absolute Gasteiger partial charge is 0.417 e. The van der Waals surface area contributed by atoms with Gasteiger partial charge in [0.05, 0.1) is 27.6 Å². The zero-order chi connectivity index (χ0) is 37.2. The van der Waals surface area contributed by atoms with Crippen LogP contribution in [0.4, 0.5) is 18.9 Å². The summed E-state index contributed by atoms with van der Waals surface area (Å²) in [6.45, 7) is 1.56. The van der Waals surface area contributed by atoms with Gasteiger partial charge >= 0.3 is 12.1 Å². The van der Waals surface area contributed by atoms with Gasteiger partial charge in [-0.1, -0.05) is 59.6 Å². The number of imidazole rings is 1. The Balaban J connectivity index is 1.24. The number of carboxylic acid groups (broad SMARTS) is 1. The fraction of sp³-hybridized carbons (Fsp3) is 0.105. The standard InChI is InChI=1S/C38H28Cl2F3N3O5S/c1-2-52(49,50)45-27-10-15-30(16-11-27)51-29-13-7-25(8-14-29)24-5-3-23(4-6-24)19-36-44-35(31-17-9-26(39)20-34(31)40)22-46(36)28-12-18-33(38(41,42)43)32(21-28)37(47)48/h3-18,20-22,45H,2,19H2,1H3,(H,47,48). The Labute approximate surface area is 307 Å². The number of anilines is 1. The van der Waals surface area contributed by atoms with Gasteiger partial charge in [-0.3, -0.25) is 4.72 Å². The molecule has 0 unspecified atom stereocenters. The van der Waals surface area contributed by atoms with Crippen molar-refractivity contribution >= 4 is 44.9 Å². The third kappa shape index (κ3) is 8.42. The lowest BCUT2D eigenvalue weighted by molar-refractivity contribution is -0.138. The van der Waals surface area contributed by atoms with Crippen molar-refractivity contribution in [1.29, 1.82) is 0 Å². The fourth-order valence-corrected chi connectivity index (χ4v) is 6.54. The number of sulfonamides is 1. The summed E-state index contributed by atoms with van der Waals surface area (Å²) in [4.78, 5) is 16.6. The number of halogens is 5. The Hall–Kier alpha value is -5.30. The molecule has 0 aliphatic heterocycles. The number of ether oxygens (including phenoxy) is 1. The zero-order valence-electron chi connectivity index (χ0n) is 27.2. The van der Waals surface area contributed by atoms with E-state index in [-0.39, 0.29) is 17.9 Å². The van der Waals surface area contributed by atoms with E-state index in [2.05, 4.69) is 4.72 Å². The highest BCUT2D eigenvalue weighted by Gasteiger charge is 2.35. The van der Waals surface area contributed by atoms with Gasteiger partial charge in [0.15, 0.2) is 0 Å². The van der Waals surface area contributed by atoms with Gasteiger partial charge in [0.25, 0.3) is 0 Å². The monoisotopic (exact) mass is 765 g/mol. The largest absolute Gasteiger partial charge is 0.478 e. The number of nitrogens with zero attached hydrogens (tertiary/aromatic N) is 2. The summed E-state index contributed by atoms with van der Waals surface area (Å²) in [5.74, 6) is -0.189. The summed E-state index contributed by atoms with van der Waals surface area (Å²) in [5.41, 5.74) is 2.10. The first kappa shape index (κ1) is 36.5. The van der Waals surface area contributed by atoms with Gasteiger partial charge in [0.1, 0.15) is 17.3 Å². The number of hydrogen-bond donors (Lipinski definition) is 2. The molecule has 8 nitrogen and oxygen atoms in total. The van der Waals surface area contributed by atoms with Crippen LogP contribution in [0.1, 0.15) is 34.2 Å². The van der Waals surface area contributed by atoms with Gasteiger partial charge in [0.2, 0.25) is 10.0 Å². The molecule has 52 heavy (non-hydrogen) atoms. The third-order valence-electron chi connectivity index (χ3n) is 8.05. The molecule has 0 aliphatic rings. The van der Waals surface area contributed by atoms with Gasteiger partial charge in [-0.15, -0.1) is 0 Å². The topological polar surface area (TPSA) is 111 Å². The van der Waals surface area contributed by atoms with Crippen molar-refractivity contribution in [2.45, 2.75) is 19.5 Å². The molecule has 266 valence electrons. The highest BCUT2D eigenvalue weighted by Crippen LogP contribution is 2.35. The van der Waals surface area contributed by atoms with E-state index in [4.69, 9.17) is 32.9 Å². The highest BCUT2D eigenvalue weighted by molar-refractivity contribution is 7.92. The number of hydrogen-bond acceptors (Lipinski definition) is 5. The molecule has 1 heterocycles. The zero-order valence-corrected chi connectivity index (χ0v) is 29.5. The number of aromatic carboxylic acids is 1. The fourth-order valence-electron chi connectivity index (χ4n) is 5.39. The summed E-state index contributed by atoms with van der Waals surface area (Å²) in [5, 5.41) is 10.3. The van der Waals surface area contributed by atoms with E-state index in [0.29, 0.717) is 44.3 Å². The van der Waals surface area contributed by atoms with Crippen LogP contribution in [0.2, 0.25) is 10.0 Å². The number of nitrogens with one attached hydrogen (secondary N) is 1. The van der Waals surface area contributed by atoms with Crippen molar-refractivity contribution in [3.63, 3.8) is 0 Å². The molecule has 0 spiro atoms. The normalized spacial score (nSPS) is 11.7. The summed E-state index contributed by atoms with van der Waals surface area (Å²) in [6, 6.07) is 29.4. The molecule has 0 fully saturated rings. The Bertz CT molecular complexity index is 2360. The first-order valence-electron chi connectivity index (χ1n) is 15.7. The molecule has 0 saturated heterocycles. The maximum Gasteiger partial charge on any atom is 0.417 e. The molecule has 0 aliphatic carbocycles. The van der Waals surface area contributed by atoms with Crippen LogP contribution in [0.5, 0.6) is 11.5 Å². The molecule has 0 radical (unpaired) electrons. The number of aromatic nitrogens is 2. The molecule has 0 bridgehead atoms. The molecule has 0 atom stereocenters. The maximum absolute atomic E-state index is 13.6. The third-order valence-corrected chi connectivity index (χ3v) is 9.91. The SMILES string of the molecule is CCS(=O)(=O)Nc1ccc(Oc2ccc(-c3ccc(Cc4nc(-c5ccc(Cl)cc5Cl)cn4-c4ccc(C(F)(F)F)c(C(=O)O)c4)cc3)cc2)cc1. The molecular formula is C38H28Cl2F3N3O5S. The lowest BCUT2D eigenvalue weighted by atomic mass is 10.0. The second kappa shape index (κ2) is 14.7. The van der Waals surface area contributed by atoms with E-state index in [9.17, 15) is 31.5 Å². The molecule has 0 amide bonds. The lowest BCUT2D eigenvalue weighted by Gasteiger charge is -2.14. The van der Waals surface area contributed by atoms with Crippen molar-refractivity contribution in [1.82, 2.24) is 9.55 Å². The van der Waals surface area contributed by atoms with Crippen molar-refractivity contribution in [2.24, 2.45) is 0 Å². The van der Waals surface area contributed by atoms with E-state index in [0.717, 1.165) is 28.8 Å². The maximum atomic E-state index is 13.6. The van der Waals surface area contributed by atoms with Gasteiger partial charge < -0.3 is 14.4 Å². The molecule has 0 saturated carbocycles. The van der Waals surface area contributed by atoms with Gasteiger partial charge in [-0.2, -0.15) is 13.2 Å². The predicted octanol–water partition coefficient (Wildman–Crippen LogP) is 10.4. The molecule has 6 rings (SSSR count). The van der Waals surface area contributed by atoms with Gasteiger partial charge in [-0.05, 0) is 96.4 Å². The van der Waals surface area contributed by atoms with Crippen LogP contribution in [0.3, 0.4) is 0 Å². The average molecular weight is 767 g/mol. The van der Waals surface area contributed by atoms with Crippen molar-refractivity contribution in [3.05, 3.63) is 148 Å². The highest BCUT2D eigenvalue weighted by atomic mass is 35.5. The summed E-state index contributed by atoms with van der Waals surface area (Å²) < 4.78 is 74.4. The first-order valence-corrected chi connectivity index (χ1v) is 18.1. The molecule has 14 heteroatoms. The van der Waals surface area contributed by atoms with Crippen LogP contribution in [-0.4, -0.2) is 34.8 Å². The van der Waals surface area contributed by atoms with Crippen molar-refractivity contribution in [3.8, 4) is 39.6 Å². The van der Waals surface area contributed by atoms with E-state index in [1.54, 1.807) is 60.2 Å². The minimum absolute atomic E-state index is 0.0316. The van der Waals surface area contributed by atoms with E-state index >= 15 is 0 Å². The van der Waals surface area contributed by atoms with E-state index in [1.807, 2.05) is 48.5 Å². The Morgan fingerprint density at radius 2 is 1.48 bits per heavy atom. The molecule has 6 aromatic rings. The number of carbonyl (C=O) groups is 1. The molecule has 1 aromatic heterocycles. The second-order valence-electron chi connectivity index (χ2n) is 11.6. The van der Waals surface area contributed by atoms with Crippen LogP contribution in [0.15, 0.2) is 115 Å². The lowest BCUT2D eigenvalue weighted by Crippen LogP contribution is -2.14. The summed E-state index contributed by atoms with van der Waals surface area (Å²) in [7, 11) is -3.38. The minimum Gasteiger partial charge on any atom is -0.478 e. The summed E-state index contributed by atoms with van der Waals surface area (Å²) in [6.07, 6.45) is -3.01. The van der Waals surface area contributed by atoms with Crippen LogP contribution in [-0.2, 0) is 22.6 Å². The van der Waals surface area contributed by atoms with Crippen LogP contribution >= 0.6 is 23.2 Å². The van der Waals surface area contributed by atoms with Crippen LogP contribution in [0.25, 0.3) is 28.1 Å². The second-order valence-corrected chi connectivity index (χ2v) is 14.5. The Kier molecular flexibility index (Phi) is 10.3. The van der Waals surface area contributed by atoms with Crippen molar-refractivity contribution < 1.29 is 36.2 Å². The van der Waals surface area contributed by atoms with Gasteiger partial charge in [-0.25, -0.2) is 18.2 Å². The minimum atomic E-state index is -4.85. The number of benzene rings is 5. The van der Waals surface area contributed by atoms with E-state index < -0.39 is 33.3 Å². The van der Waals surface area contributed by atoms with Crippen LogP contribution < -0.4 is 9.46 Å². The average Bonchev–Trinajstić information content (AvgIpc) is 3.52.